The first-order valence-electron chi connectivity index (χ1n) is 8.51. The van der Waals surface area contributed by atoms with Gasteiger partial charge in [-0.3, -0.25) is 5.10 Å². The number of aromatic amines is 1. The first-order chi connectivity index (χ1) is 12.8. The van der Waals surface area contributed by atoms with Crippen LogP contribution in [0.2, 0.25) is 0 Å². The molecule has 0 aliphatic carbocycles. The molecule has 2 N–H and O–H groups in total. The van der Waals surface area contributed by atoms with E-state index in [9.17, 15) is 8.42 Å². The molecule has 1 aromatic heterocycles. The predicted molar refractivity (Wildman–Crippen MR) is 107 cm³/mol. The summed E-state index contributed by atoms with van der Waals surface area (Å²) in [4.78, 5) is 2.56. The van der Waals surface area contributed by atoms with Crippen molar-refractivity contribution in [1.82, 2.24) is 15.0 Å². The molecule has 0 spiro atoms. The van der Waals surface area contributed by atoms with E-state index in [2.05, 4.69) is 20.1 Å². The van der Waals surface area contributed by atoms with E-state index in [1.165, 1.54) is 6.21 Å². The molecular formula is C20H22N4O2S. The number of aromatic nitrogens is 2. The van der Waals surface area contributed by atoms with E-state index in [1.54, 1.807) is 20.0 Å². The molecule has 0 saturated carbocycles. The van der Waals surface area contributed by atoms with Gasteiger partial charge in [0.15, 0.2) is 0 Å². The van der Waals surface area contributed by atoms with Crippen molar-refractivity contribution in [3.05, 3.63) is 70.4 Å². The van der Waals surface area contributed by atoms with Gasteiger partial charge in [-0.2, -0.15) is 18.6 Å². The third kappa shape index (κ3) is 4.09. The third-order valence-electron chi connectivity index (χ3n) is 4.26. The first-order valence-corrected chi connectivity index (χ1v) is 9.99. The average molecular weight is 382 g/mol. The molecule has 27 heavy (non-hydrogen) atoms. The molecule has 1 heterocycles. The largest absolute Gasteiger partial charge is 0.277 e. The summed E-state index contributed by atoms with van der Waals surface area (Å²) >= 11 is 0. The highest BCUT2D eigenvalue weighted by molar-refractivity contribution is 7.89. The van der Waals surface area contributed by atoms with Gasteiger partial charge in [-0.05, 0) is 38.8 Å². The topological polar surface area (TPSA) is 87.2 Å². The summed E-state index contributed by atoms with van der Waals surface area (Å²) in [6, 6.07) is 11.6. The normalized spacial score (nSPS) is 11.9. The molecule has 0 saturated heterocycles. The highest BCUT2D eigenvalue weighted by Crippen LogP contribution is 2.22. The van der Waals surface area contributed by atoms with Crippen LogP contribution in [0.1, 0.15) is 27.8 Å². The Labute approximate surface area is 159 Å². The lowest BCUT2D eigenvalue weighted by Gasteiger charge is -2.11. The number of aryl methyl sites for hydroxylation is 4. The monoisotopic (exact) mass is 382 g/mol. The lowest BCUT2D eigenvalue weighted by atomic mass is 10.1. The molecule has 0 aliphatic heterocycles. The van der Waals surface area contributed by atoms with Gasteiger partial charge in [0.2, 0.25) is 0 Å². The Hall–Kier alpha value is -2.93. The first kappa shape index (κ1) is 18.8. The fourth-order valence-electron chi connectivity index (χ4n) is 3.15. The minimum absolute atomic E-state index is 0.260. The van der Waals surface area contributed by atoms with E-state index in [-0.39, 0.29) is 4.90 Å². The van der Waals surface area contributed by atoms with Crippen LogP contribution in [0.5, 0.6) is 0 Å². The molecule has 3 aromatic rings. The fourth-order valence-corrected chi connectivity index (χ4v) is 4.39. The Morgan fingerprint density at radius 2 is 1.63 bits per heavy atom. The molecule has 3 rings (SSSR count). The Morgan fingerprint density at radius 3 is 2.26 bits per heavy atom. The fraction of sp³-hybridized carbons (Fsp3) is 0.200. The average Bonchev–Trinajstić information content (AvgIpc) is 3.02. The summed E-state index contributed by atoms with van der Waals surface area (Å²) in [7, 11) is -3.75. The van der Waals surface area contributed by atoms with Gasteiger partial charge in [0.25, 0.3) is 10.0 Å². The minimum atomic E-state index is -3.75. The van der Waals surface area contributed by atoms with Crippen molar-refractivity contribution in [2.45, 2.75) is 32.6 Å². The maximum atomic E-state index is 12.7. The SMILES string of the molecule is Cc1ccc(-c2[nH]ncc2/C=N/NS(=O)(=O)c2c(C)cc(C)cc2C)cc1. The number of benzene rings is 2. The highest BCUT2D eigenvalue weighted by atomic mass is 32.2. The molecule has 0 aliphatic rings. The predicted octanol–water partition coefficient (Wildman–Crippen LogP) is 3.62. The number of rotatable bonds is 5. The Balaban J connectivity index is 1.85. The number of nitrogens with zero attached hydrogens (tertiary/aromatic N) is 2. The third-order valence-corrected chi connectivity index (χ3v) is 5.79. The number of nitrogens with one attached hydrogen (secondary N) is 2. The van der Waals surface area contributed by atoms with Crippen LogP contribution in [-0.4, -0.2) is 24.8 Å². The second kappa shape index (κ2) is 7.36. The van der Waals surface area contributed by atoms with Gasteiger partial charge in [0.1, 0.15) is 0 Å². The minimum Gasteiger partial charge on any atom is -0.277 e. The molecule has 0 bridgehead atoms. The van der Waals surface area contributed by atoms with E-state index < -0.39 is 10.0 Å². The van der Waals surface area contributed by atoms with Crippen LogP contribution in [0.25, 0.3) is 11.3 Å². The van der Waals surface area contributed by atoms with E-state index in [0.29, 0.717) is 16.7 Å². The second-order valence-corrected chi connectivity index (χ2v) is 8.24. The van der Waals surface area contributed by atoms with Crippen LogP contribution < -0.4 is 4.83 Å². The molecule has 140 valence electrons. The van der Waals surface area contributed by atoms with Crippen molar-refractivity contribution >= 4 is 16.2 Å². The van der Waals surface area contributed by atoms with Crippen LogP contribution in [0.4, 0.5) is 0 Å². The van der Waals surface area contributed by atoms with Crippen molar-refractivity contribution in [3.8, 4) is 11.3 Å². The Kier molecular flexibility index (Phi) is 5.14. The van der Waals surface area contributed by atoms with E-state index in [1.807, 2.05) is 50.2 Å². The van der Waals surface area contributed by atoms with Gasteiger partial charge in [-0.1, -0.05) is 47.5 Å². The molecule has 0 fully saturated rings. The zero-order valence-corrected chi connectivity index (χ0v) is 16.6. The highest BCUT2D eigenvalue weighted by Gasteiger charge is 2.19. The summed E-state index contributed by atoms with van der Waals surface area (Å²) in [5.41, 5.74) is 5.99. The van der Waals surface area contributed by atoms with Crippen molar-refractivity contribution in [3.63, 3.8) is 0 Å². The number of hydrogen-bond donors (Lipinski definition) is 2. The maximum absolute atomic E-state index is 12.7. The quantitative estimate of drug-likeness (QED) is 0.522. The molecular weight excluding hydrogens is 360 g/mol. The van der Waals surface area contributed by atoms with E-state index in [4.69, 9.17) is 0 Å². The van der Waals surface area contributed by atoms with Gasteiger partial charge < -0.3 is 0 Å². The van der Waals surface area contributed by atoms with Crippen molar-refractivity contribution < 1.29 is 8.42 Å². The zero-order chi connectivity index (χ0) is 19.6. The van der Waals surface area contributed by atoms with Gasteiger partial charge in [0.05, 0.1) is 23.0 Å². The molecule has 7 heteroatoms. The van der Waals surface area contributed by atoms with Gasteiger partial charge >= 0.3 is 0 Å². The summed E-state index contributed by atoms with van der Waals surface area (Å²) in [6.45, 7) is 7.52. The Morgan fingerprint density at radius 1 is 1.00 bits per heavy atom. The molecule has 0 radical (unpaired) electrons. The molecule has 6 nitrogen and oxygen atoms in total. The maximum Gasteiger partial charge on any atom is 0.277 e. The summed E-state index contributed by atoms with van der Waals surface area (Å²) in [5.74, 6) is 0. The van der Waals surface area contributed by atoms with Gasteiger partial charge in [-0.25, -0.2) is 4.83 Å². The van der Waals surface area contributed by atoms with Crippen molar-refractivity contribution in [2.24, 2.45) is 5.10 Å². The zero-order valence-electron chi connectivity index (χ0n) is 15.7. The smallest absolute Gasteiger partial charge is 0.277 e. The molecule has 0 atom stereocenters. The number of hydrogen-bond acceptors (Lipinski definition) is 4. The lowest BCUT2D eigenvalue weighted by Crippen LogP contribution is -2.20. The molecule has 0 amide bonds. The van der Waals surface area contributed by atoms with Crippen molar-refractivity contribution in [2.75, 3.05) is 0 Å². The van der Waals surface area contributed by atoms with Gasteiger partial charge in [0, 0.05) is 11.1 Å². The second-order valence-electron chi connectivity index (χ2n) is 6.65. The summed E-state index contributed by atoms with van der Waals surface area (Å²) in [5, 5.41) is 10.9. The Bertz CT molecular complexity index is 1070. The molecule has 2 aromatic carbocycles. The number of hydrazone groups is 1. The standard InChI is InChI=1S/C20H22N4O2S/c1-13-5-7-17(8-6-13)19-18(11-21-23-19)12-22-24-27(25,26)20-15(3)9-14(2)10-16(20)4/h5-12,24H,1-4H3,(H,21,23)/b22-12+. The van der Waals surface area contributed by atoms with Crippen LogP contribution in [0.15, 0.2) is 52.6 Å². The van der Waals surface area contributed by atoms with E-state index >= 15 is 0 Å². The number of H-pyrrole nitrogens is 1. The summed E-state index contributed by atoms with van der Waals surface area (Å²) in [6.07, 6.45) is 3.06. The van der Waals surface area contributed by atoms with Crippen molar-refractivity contribution in [1.29, 1.82) is 0 Å². The lowest BCUT2D eigenvalue weighted by molar-refractivity contribution is 0.583. The number of sulfonamides is 1. The van der Waals surface area contributed by atoms with Crippen LogP contribution >= 0.6 is 0 Å². The van der Waals surface area contributed by atoms with Gasteiger partial charge in [-0.15, -0.1) is 0 Å². The molecule has 0 unspecified atom stereocenters. The van der Waals surface area contributed by atoms with E-state index in [0.717, 1.165) is 22.4 Å². The van der Waals surface area contributed by atoms with Crippen LogP contribution in [0.3, 0.4) is 0 Å². The van der Waals surface area contributed by atoms with Crippen LogP contribution in [-0.2, 0) is 10.0 Å². The van der Waals surface area contributed by atoms with Crippen LogP contribution in [0, 0.1) is 27.7 Å². The summed E-state index contributed by atoms with van der Waals surface area (Å²) < 4.78 is 25.3.